The van der Waals surface area contributed by atoms with Crippen molar-refractivity contribution in [2.24, 2.45) is 5.41 Å². The highest BCUT2D eigenvalue weighted by atomic mass is 19.1. The van der Waals surface area contributed by atoms with Gasteiger partial charge in [-0.3, -0.25) is 0 Å². The second-order valence-corrected chi connectivity index (χ2v) is 4.28. The maximum Gasteiger partial charge on any atom is 0.167 e. The SMILES string of the molecule is CC(C)(C#N)CCOc1ccc(N)cc1F. The van der Waals surface area contributed by atoms with Gasteiger partial charge in [0.25, 0.3) is 0 Å². The van der Waals surface area contributed by atoms with Crippen molar-refractivity contribution in [2.75, 3.05) is 12.3 Å². The number of nitrogens with two attached hydrogens (primary N) is 1. The highest BCUT2D eigenvalue weighted by Crippen LogP contribution is 2.22. The van der Waals surface area contributed by atoms with E-state index < -0.39 is 11.2 Å². The van der Waals surface area contributed by atoms with Crippen LogP contribution in [0.4, 0.5) is 10.1 Å². The monoisotopic (exact) mass is 222 g/mol. The minimum absolute atomic E-state index is 0.169. The first-order valence-corrected chi connectivity index (χ1v) is 5.04. The Morgan fingerprint density at radius 1 is 1.50 bits per heavy atom. The van der Waals surface area contributed by atoms with Crippen molar-refractivity contribution in [2.45, 2.75) is 20.3 Å². The largest absolute Gasteiger partial charge is 0.490 e. The zero-order valence-electron chi connectivity index (χ0n) is 9.46. The van der Waals surface area contributed by atoms with E-state index in [0.29, 0.717) is 18.7 Å². The molecule has 0 spiro atoms. The summed E-state index contributed by atoms with van der Waals surface area (Å²) in [5.74, 6) is -0.308. The first-order valence-electron chi connectivity index (χ1n) is 5.04. The summed E-state index contributed by atoms with van der Waals surface area (Å²) in [5.41, 5.74) is 5.32. The third-order valence-electron chi connectivity index (χ3n) is 2.24. The summed E-state index contributed by atoms with van der Waals surface area (Å²) in [5, 5.41) is 8.79. The molecule has 0 amide bonds. The van der Waals surface area contributed by atoms with Crippen LogP contribution in [0.3, 0.4) is 0 Å². The number of nitrogens with zero attached hydrogens (tertiary/aromatic N) is 1. The summed E-state index contributed by atoms with van der Waals surface area (Å²) >= 11 is 0. The van der Waals surface area contributed by atoms with Crippen molar-refractivity contribution < 1.29 is 9.13 Å². The number of benzene rings is 1. The second kappa shape index (κ2) is 4.84. The van der Waals surface area contributed by atoms with Crippen molar-refractivity contribution in [3.05, 3.63) is 24.0 Å². The topological polar surface area (TPSA) is 59.0 Å². The molecule has 2 N–H and O–H groups in total. The van der Waals surface area contributed by atoms with Crippen LogP contribution in [0.5, 0.6) is 5.75 Å². The normalized spacial score (nSPS) is 10.9. The average molecular weight is 222 g/mol. The smallest absolute Gasteiger partial charge is 0.167 e. The molecule has 1 aromatic carbocycles. The third kappa shape index (κ3) is 3.43. The molecule has 4 heteroatoms. The molecule has 0 unspecified atom stereocenters. The van der Waals surface area contributed by atoms with Gasteiger partial charge in [0.15, 0.2) is 11.6 Å². The van der Waals surface area contributed by atoms with Crippen LogP contribution in [0.1, 0.15) is 20.3 Å². The highest BCUT2D eigenvalue weighted by Gasteiger charge is 2.16. The Hall–Kier alpha value is -1.76. The molecular formula is C12H15FN2O. The number of nitriles is 1. The summed E-state index contributed by atoms with van der Waals surface area (Å²) in [4.78, 5) is 0. The van der Waals surface area contributed by atoms with Gasteiger partial charge >= 0.3 is 0 Å². The summed E-state index contributed by atoms with van der Waals surface area (Å²) in [6, 6.07) is 6.44. The van der Waals surface area contributed by atoms with E-state index in [4.69, 9.17) is 15.7 Å². The number of hydrogen-bond acceptors (Lipinski definition) is 3. The van der Waals surface area contributed by atoms with Crippen LogP contribution < -0.4 is 10.5 Å². The fourth-order valence-corrected chi connectivity index (χ4v) is 1.11. The summed E-state index contributed by atoms with van der Waals surface area (Å²) < 4.78 is 18.5. The van der Waals surface area contributed by atoms with Crippen LogP contribution in [-0.2, 0) is 0 Å². The molecule has 0 aromatic heterocycles. The lowest BCUT2D eigenvalue weighted by Gasteiger charge is -2.15. The molecule has 0 bridgehead atoms. The van der Waals surface area contributed by atoms with Gasteiger partial charge < -0.3 is 10.5 Å². The molecule has 0 saturated heterocycles. The van der Waals surface area contributed by atoms with E-state index in [9.17, 15) is 4.39 Å². The Balaban J connectivity index is 2.53. The zero-order chi connectivity index (χ0) is 12.2. The lowest BCUT2D eigenvalue weighted by atomic mass is 9.92. The van der Waals surface area contributed by atoms with Crippen molar-refractivity contribution in [1.29, 1.82) is 5.26 Å². The molecule has 1 rings (SSSR count). The molecule has 0 aliphatic rings. The number of halogens is 1. The van der Waals surface area contributed by atoms with Crippen LogP contribution in [-0.4, -0.2) is 6.61 Å². The van der Waals surface area contributed by atoms with Gasteiger partial charge in [-0.15, -0.1) is 0 Å². The molecule has 0 atom stereocenters. The number of anilines is 1. The first-order chi connectivity index (χ1) is 7.44. The van der Waals surface area contributed by atoms with Crippen molar-refractivity contribution >= 4 is 5.69 Å². The summed E-state index contributed by atoms with van der Waals surface area (Å²) in [6.07, 6.45) is 0.549. The molecule has 1 aromatic rings. The van der Waals surface area contributed by atoms with Crippen LogP contribution in [0, 0.1) is 22.6 Å². The van der Waals surface area contributed by atoms with E-state index in [-0.39, 0.29) is 5.75 Å². The van der Waals surface area contributed by atoms with E-state index in [1.165, 1.54) is 12.1 Å². The Kier molecular flexibility index (Phi) is 3.73. The van der Waals surface area contributed by atoms with Crippen LogP contribution in [0.2, 0.25) is 0 Å². The minimum Gasteiger partial charge on any atom is -0.490 e. The van der Waals surface area contributed by atoms with Gasteiger partial charge in [0.1, 0.15) is 0 Å². The van der Waals surface area contributed by atoms with Crippen LogP contribution in [0.15, 0.2) is 18.2 Å². The van der Waals surface area contributed by atoms with Gasteiger partial charge in [-0.2, -0.15) is 5.26 Å². The van der Waals surface area contributed by atoms with Crippen molar-refractivity contribution in [3.8, 4) is 11.8 Å². The minimum atomic E-state index is -0.477. The van der Waals surface area contributed by atoms with E-state index in [0.717, 1.165) is 0 Å². The van der Waals surface area contributed by atoms with Crippen molar-refractivity contribution in [1.82, 2.24) is 0 Å². The summed E-state index contributed by atoms with van der Waals surface area (Å²) in [7, 11) is 0. The van der Waals surface area contributed by atoms with Gasteiger partial charge in [0, 0.05) is 11.8 Å². The molecule has 0 saturated carbocycles. The average Bonchev–Trinajstić information content (AvgIpc) is 2.21. The lowest BCUT2D eigenvalue weighted by Crippen LogP contribution is -2.13. The highest BCUT2D eigenvalue weighted by molar-refractivity contribution is 5.42. The molecule has 16 heavy (non-hydrogen) atoms. The molecule has 0 aliphatic heterocycles. The molecule has 0 radical (unpaired) electrons. The van der Waals surface area contributed by atoms with Crippen LogP contribution >= 0.6 is 0 Å². The molecular weight excluding hydrogens is 207 g/mol. The number of nitrogen functional groups attached to an aromatic ring is 1. The zero-order valence-corrected chi connectivity index (χ0v) is 9.46. The van der Waals surface area contributed by atoms with Gasteiger partial charge in [-0.25, -0.2) is 4.39 Å². The molecule has 0 aliphatic carbocycles. The molecule has 0 fully saturated rings. The third-order valence-corrected chi connectivity index (χ3v) is 2.24. The van der Waals surface area contributed by atoms with E-state index >= 15 is 0 Å². The Bertz CT molecular complexity index is 410. The number of hydrogen-bond donors (Lipinski definition) is 1. The number of ether oxygens (including phenoxy) is 1. The molecule has 3 nitrogen and oxygen atoms in total. The fraction of sp³-hybridized carbons (Fsp3) is 0.417. The summed E-state index contributed by atoms with van der Waals surface area (Å²) in [6.45, 7) is 3.94. The van der Waals surface area contributed by atoms with Crippen molar-refractivity contribution in [3.63, 3.8) is 0 Å². The standard InChI is InChI=1S/C12H15FN2O/c1-12(2,8-14)5-6-16-11-4-3-9(15)7-10(11)13/h3-4,7H,5-6,15H2,1-2H3. The second-order valence-electron chi connectivity index (χ2n) is 4.28. The molecule has 86 valence electrons. The maximum atomic E-state index is 13.3. The number of rotatable bonds is 4. The van der Waals surface area contributed by atoms with Gasteiger partial charge in [0.05, 0.1) is 18.1 Å². The van der Waals surface area contributed by atoms with Gasteiger partial charge in [-0.05, 0) is 32.4 Å². The lowest BCUT2D eigenvalue weighted by molar-refractivity contribution is 0.254. The quantitative estimate of drug-likeness (QED) is 0.797. The predicted octanol–water partition coefficient (Wildman–Crippen LogP) is 2.73. The van der Waals surface area contributed by atoms with Crippen LogP contribution in [0.25, 0.3) is 0 Å². The Morgan fingerprint density at radius 2 is 2.19 bits per heavy atom. The van der Waals surface area contributed by atoms with E-state index in [1.807, 2.05) is 13.8 Å². The molecule has 0 heterocycles. The maximum absolute atomic E-state index is 13.3. The van der Waals surface area contributed by atoms with E-state index in [1.54, 1.807) is 6.07 Å². The Morgan fingerprint density at radius 3 is 2.75 bits per heavy atom. The van der Waals surface area contributed by atoms with E-state index in [2.05, 4.69) is 6.07 Å². The van der Waals surface area contributed by atoms with Gasteiger partial charge in [-0.1, -0.05) is 0 Å². The fourth-order valence-electron chi connectivity index (χ4n) is 1.11. The first kappa shape index (κ1) is 12.3. The Labute approximate surface area is 94.6 Å². The van der Waals surface area contributed by atoms with Gasteiger partial charge in [0.2, 0.25) is 0 Å². The predicted molar refractivity (Wildman–Crippen MR) is 60.3 cm³/mol.